The highest BCUT2D eigenvalue weighted by Crippen LogP contribution is 2.41. The van der Waals surface area contributed by atoms with Crippen molar-refractivity contribution in [3.63, 3.8) is 0 Å². The monoisotopic (exact) mass is 422 g/mol. The van der Waals surface area contributed by atoms with E-state index in [1.54, 1.807) is 7.11 Å². The standard InChI is InChI=1S/C23H22N2O4S/c1-12-10-17(29-3)18(19-16-8-9-30-21(16)22(26)25-20(12)19)15-6-4-14(5-7-15)13(2)11-24-23(27)28/h4-10,13,24H,11H2,1-3H3,(H,25,26)(H,27,28). The summed E-state index contributed by atoms with van der Waals surface area (Å²) in [6.45, 7) is 4.29. The number of aromatic nitrogens is 1. The van der Waals surface area contributed by atoms with Gasteiger partial charge in [0.1, 0.15) is 10.4 Å². The zero-order valence-corrected chi connectivity index (χ0v) is 17.7. The smallest absolute Gasteiger partial charge is 0.404 e. The van der Waals surface area contributed by atoms with Crippen LogP contribution in [0.3, 0.4) is 0 Å². The van der Waals surface area contributed by atoms with Crippen molar-refractivity contribution >= 4 is 38.4 Å². The van der Waals surface area contributed by atoms with Crippen LogP contribution in [0.25, 0.3) is 32.1 Å². The highest BCUT2D eigenvalue weighted by Gasteiger charge is 2.18. The molecule has 3 N–H and O–H groups in total. The molecular formula is C23H22N2O4S. The van der Waals surface area contributed by atoms with Crippen LogP contribution in [0, 0.1) is 6.92 Å². The van der Waals surface area contributed by atoms with Crippen molar-refractivity contribution in [2.45, 2.75) is 19.8 Å². The molecule has 4 aromatic rings. The predicted molar refractivity (Wildman–Crippen MR) is 121 cm³/mol. The summed E-state index contributed by atoms with van der Waals surface area (Å²) >= 11 is 1.43. The minimum Gasteiger partial charge on any atom is -0.496 e. The summed E-state index contributed by atoms with van der Waals surface area (Å²) in [5.41, 5.74) is 4.61. The van der Waals surface area contributed by atoms with Crippen LogP contribution in [0.1, 0.15) is 24.0 Å². The Bertz CT molecular complexity index is 1310. The number of nitrogens with one attached hydrogen (secondary N) is 2. The SMILES string of the molecule is COc1cc(C)c2[nH]c(=O)c3sccc3c2c1-c1ccc(C(C)CNC(=O)O)cc1. The molecule has 0 aliphatic heterocycles. The van der Waals surface area contributed by atoms with E-state index in [9.17, 15) is 9.59 Å². The van der Waals surface area contributed by atoms with Crippen LogP contribution < -0.4 is 15.6 Å². The van der Waals surface area contributed by atoms with Gasteiger partial charge in [-0.1, -0.05) is 31.2 Å². The van der Waals surface area contributed by atoms with E-state index < -0.39 is 6.09 Å². The maximum absolute atomic E-state index is 12.5. The molecule has 0 saturated carbocycles. The van der Waals surface area contributed by atoms with Crippen molar-refractivity contribution < 1.29 is 14.6 Å². The fourth-order valence-electron chi connectivity index (χ4n) is 3.85. The molecule has 0 bridgehead atoms. The zero-order chi connectivity index (χ0) is 21.4. The van der Waals surface area contributed by atoms with Crippen LogP contribution in [0.15, 0.2) is 46.6 Å². The average Bonchev–Trinajstić information content (AvgIpc) is 3.23. The van der Waals surface area contributed by atoms with Crippen LogP contribution in [0.5, 0.6) is 5.75 Å². The number of carbonyl (C=O) groups is 1. The summed E-state index contributed by atoms with van der Waals surface area (Å²) < 4.78 is 6.42. The van der Waals surface area contributed by atoms with Gasteiger partial charge in [-0.25, -0.2) is 4.79 Å². The van der Waals surface area contributed by atoms with E-state index in [0.717, 1.165) is 44.3 Å². The molecule has 1 atom stereocenters. The molecule has 30 heavy (non-hydrogen) atoms. The number of H-pyrrole nitrogens is 1. The Morgan fingerprint density at radius 2 is 2.00 bits per heavy atom. The molecular weight excluding hydrogens is 400 g/mol. The van der Waals surface area contributed by atoms with Crippen molar-refractivity contribution in [3.8, 4) is 16.9 Å². The van der Waals surface area contributed by atoms with Gasteiger partial charge in [-0.15, -0.1) is 11.3 Å². The van der Waals surface area contributed by atoms with Crippen LogP contribution >= 0.6 is 11.3 Å². The Kier molecular flexibility index (Phi) is 5.22. The van der Waals surface area contributed by atoms with Gasteiger partial charge in [0, 0.05) is 22.9 Å². The van der Waals surface area contributed by atoms with Gasteiger partial charge in [-0.2, -0.15) is 0 Å². The number of methoxy groups -OCH3 is 1. The Morgan fingerprint density at radius 3 is 2.67 bits per heavy atom. The molecule has 7 heteroatoms. The molecule has 0 fully saturated rings. The third-order valence-electron chi connectivity index (χ3n) is 5.42. The molecule has 2 heterocycles. The maximum atomic E-state index is 12.5. The summed E-state index contributed by atoms with van der Waals surface area (Å²) in [5, 5.41) is 15.1. The highest BCUT2D eigenvalue weighted by molar-refractivity contribution is 7.17. The van der Waals surface area contributed by atoms with Crippen molar-refractivity contribution in [1.82, 2.24) is 10.3 Å². The quantitative estimate of drug-likeness (QED) is 0.417. The fraction of sp³-hybridized carbons (Fsp3) is 0.217. The lowest BCUT2D eigenvalue weighted by Crippen LogP contribution is -2.25. The van der Waals surface area contributed by atoms with Gasteiger partial charge in [-0.3, -0.25) is 4.79 Å². The van der Waals surface area contributed by atoms with Crippen LogP contribution in [-0.4, -0.2) is 29.8 Å². The van der Waals surface area contributed by atoms with Crippen molar-refractivity contribution in [2.75, 3.05) is 13.7 Å². The van der Waals surface area contributed by atoms with E-state index in [-0.39, 0.29) is 11.5 Å². The van der Waals surface area contributed by atoms with Gasteiger partial charge < -0.3 is 20.1 Å². The first kappa shape index (κ1) is 20.0. The molecule has 0 aliphatic rings. The number of aryl methyl sites for hydroxylation is 1. The number of aromatic amines is 1. The lowest BCUT2D eigenvalue weighted by molar-refractivity contribution is 0.194. The first-order chi connectivity index (χ1) is 14.4. The van der Waals surface area contributed by atoms with Gasteiger partial charge in [0.05, 0.1) is 12.6 Å². The van der Waals surface area contributed by atoms with E-state index in [0.29, 0.717) is 11.2 Å². The molecule has 1 unspecified atom stereocenters. The number of hydrogen-bond donors (Lipinski definition) is 3. The summed E-state index contributed by atoms with van der Waals surface area (Å²) in [6.07, 6.45) is -1.02. The molecule has 0 aliphatic carbocycles. The number of ether oxygens (including phenoxy) is 1. The van der Waals surface area contributed by atoms with Gasteiger partial charge in [0.2, 0.25) is 0 Å². The van der Waals surface area contributed by atoms with Gasteiger partial charge in [-0.05, 0) is 47.0 Å². The third-order valence-corrected chi connectivity index (χ3v) is 6.33. The largest absolute Gasteiger partial charge is 0.496 e. The van der Waals surface area contributed by atoms with Gasteiger partial charge >= 0.3 is 6.09 Å². The topological polar surface area (TPSA) is 91.4 Å². The number of fused-ring (bicyclic) bond motifs is 3. The van der Waals surface area contributed by atoms with Crippen molar-refractivity contribution in [1.29, 1.82) is 0 Å². The lowest BCUT2D eigenvalue weighted by atomic mass is 9.93. The summed E-state index contributed by atoms with van der Waals surface area (Å²) in [6, 6.07) is 12.0. The van der Waals surface area contributed by atoms with Crippen LogP contribution in [0.4, 0.5) is 4.79 Å². The number of benzene rings is 2. The molecule has 1 amide bonds. The van der Waals surface area contributed by atoms with Crippen molar-refractivity contribution in [2.24, 2.45) is 0 Å². The van der Waals surface area contributed by atoms with Gasteiger partial charge in [0.25, 0.3) is 5.56 Å². The number of carboxylic acid groups (broad SMARTS) is 1. The second kappa shape index (κ2) is 7.84. The Hall–Kier alpha value is -3.32. The maximum Gasteiger partial charge on any atom is 0.404 e. The number of amides is 1. The van der Waals surface area contributed by atoms with Crippen LogP contribution in [-0.2, 0) is 0 Å². The summed E-state index contributed by atoms with van der Waals surface area (Å²) in [4.78, 5) is 26.3. The molecule has 0 saturated heterocycles. The van der Waals surface area contributed by atoms with E-state index in [1.165, 1.54) is 11.3 Å². The molecule has 2 aromatic heterocycles. The Balaban J connectivity index is 1.90. The normalized spacial score (nSPS) is 12.2. The lowest BCUT2D eigenvalue weighted by Gasteiger charge is -2.17. The summed E-state index contributed by atoms with van der Waals surface area (Å²) in [5.74, 6) is 0.791. The van der Waals surface area contributed by atoms with E-state index in [1.807, 2.05) is 55.6 Å². The minimum atomic E-state index is -1.02. The first-order valence-corrected chi connectivity index (χ1v) is 10.5. The number of thiophene rings is 1. The van der Waals surface area contributed by atoms with Crippen LogP contribution in [0.2, 0.25) is 0 Å². The second-order valence-electron chi connectivity index (χ2n) is 7.35. The Morgan fingerprint density at radius 1 is 1.27 bits per heavy atom. The number of rotatable bonds is 5. The summed E-state index contributed by atoms with van der Waals surface area (Å²) in [7, 11) is 1.65. The molecule has 4 rings (SSSR count). The minimum absolute atomic E-state index is 0.0479. The van der Waals surface area contributed by atoms with E-state index in [2.05, 4.69) is 10.3 Å². The first-order valence-electron chi connectivity index (χ1n) is 9.58. The second-order valence-corrected chi connectivity index (χ2v) is 8.26. The predicted octanol–water partition coefficient (Wildman–Crippen LogP) is 5.10. The molecule has 2 aromatic carbocycles. The molecule has 0 radical (unpaired) electrons. The van der Waals surface area contributed by atoms with E-state index >= 15 is 0 Å². The third kappa shape index (κ3) is 3.41. The number of pyridine rings is 1. The highest BCUT2D eigenvalue weighted by atomic mass is 32.1. The Labute approximate surface area is 177 Å². The zero-order valence-electron chi connectivity index (χ0n) is 16.9. The molecule has 154 valence electrons. The van der Waals surface area contributed by atoms with Gasteiger partial charge in [0.15, 0.2) is 0 Å². The molecule has 0 spiro atoms. The average molecular weight is 423 g/mol. The van der Waals surface area contributed by atoms with E-state index in [4.69, 9.17) is 9.84 Å². The van der Waals surface area contributed by atoms with Crippen molar-refractivity contribution in [3.05, 3.63) is 63.3 Å². The molecule has 6 nitrogen and oxygen atoms in total. The number of hydrogen-bond acceptors (Lipinski definition) is 4. The fourth-order valence-corrected chi connectivity index (χ4v) is 4.65.